The lowest BCUT2D eigenvalue weighted by atomic mass is 10.0. The molecule has 0 aromatic heterocycles. The third-order valence-electron chi connectivity index (χ3n) is 8.11. The Kier molecular flexibility index (Phi) is 30.5. The Labute approximate surface area is 264 Å². The Hall–Kier alpha value is -1.08. The summed E-state index contributed by atoms with van der Waals surface area (Å²) in [6, 6.07) is 0. The smallest absolute Gasteiger partial charge is 0.306 e. The Balaban J connectivity index is 4.52. The van der Waals surface area contributed by atoms with E-state index in [0.29, 0.717) is 12.8 Å². The van der Waals surface area contributed by atoms with Gasteiger partial charge in [-0.3, -0.25) is 9.59 Å². The van der Waals surface area contributed by atoms with Crippen molar-refractivity contribution in [1.82, 2.24) is 9.80 Å². The van der Waals surface area contributed by atoms with E-state index in [-0.39, 0.29) is 17.3 Å². The van der Waals surface area contributed by atoms with Crippen LogP contribution in [-0.2, 0) is 14.3 Å². The first-order valence-corrected chi connectivity index (χ1v) is 18.8. The Morgan fingerprint density at radius 1 is 0.667 bits per heavy atom. The zero-order chi connectivity index (χ0) is 31.1. The van der Waals surface area contributed by atoms with Crippen LogP contribution in [0.2, 0.25) is 0 Å². The van der Waals surface area contributed by atoms with Gasteiger partial charge in [0, 0.05) is 31.7 Å². The number of carbonyl (C=O) groups excluding carboxylic acids is 3. The number of aldehydes is 1. The van der Waals surface area contributed by atoms with E-state index in [2.05, 4.69) is 32.6 Å². The maximum Gasteiger partial charge on any atom is 0.306 e. The van der Waals surface area contributed by atoms with Gasteiger partial charge in [-0.15, -0.1) is 0 Å². The average Bonchev–Trinajstić information content (AvgIpc) is 2.99. The predicted molar refractivity (Wildman–Crippen MR) is 181 cm³/mol. The van der Waals surface area contributed by atoms with Crippen LogP contribution in [0.3, 0.4) is 0 Å². The molecule has 0 radical (unpaired) electrons. The van der Waals surface area contributed by atoms with Crippen molar-refractivity contribution in [2.75, 3.05) is 38.5 Å². The number of hydrogen-bond acceptors (Lipinski definition) is 6. The van der Waals surface area contributed by atoms with Crippen LogP contribution in [-0.4, -0.2) is 71.9 Å². The number of unbranched alkanes of at least 4 members (excludes halogenated alkanes) is 13. The number of rotatable bonds is 31. The standard InChI is InChI=1S/C35H68N2O4S/c1-5-9-11-13-18-25-33(26-19-14-12-10-6-2)41-34(39)27-20-17-22-30-37(29-21-15-16-23-31-38)35(40)42-32-24-28-36(7-3)8-4/h31,33H,5-30,32H2,1-4H3. The fourth-order valence-electron chi connectivity index (χ4n) is 5.29. The lowest BCUT2D eigenvalue weighted by molar-refractivity contribution is -0.150. The van der Waals surface area contributed by atoms with Gasteiger partial charge in [-0.1, -0.05) is 104 Å². The highest BCUT2D eigenvalue weighted by molar-refractivity contribution is 8.13. The maximum absolute atomic E-state index is 13.0. The molecule has 0 fully saturated rings. The van der Waals surface area contributed by atoms with Gasteiger partial charge in [0.1, 0.15) is 12.4 Å². The number of esters is 1. The molecule has 0 aliphatic rings. The number of carbonyl (C=O) groups is 3. The van der Waals surface area contributed by atoms with Crippen molar-refractivity contribution in [2.45, 2.75) is 169 Å². The minimum absolute atomic E-state index is 0.0472. The van der Waals surface area contributed by atoms with Gasteiger partial charge in [0.2, 0.25) is 0 Å². The van der Waals surface area contributed by atoms with Crippen LogP contribution in [0, 0.1) is 0 Å². The summed E-state index contributed by atoms with van der Waals surface area (Å²) in [6.07, 6.45) is 23.0. The fraction of sp³-hybridized carbons (Fsp3) is 0.914. The monoisotopic (exact) mass is 612 g/mol. The Morgan fingerprint density at radius 2 is 1.21 bits per heavy atom. The van der Waals surface area contributed by atoms with Crippen LogP contribution in [0.5, 0.6) is 0 Å². The normalized spacial score (nSPS) is 11.4. The first-order valence-electron chi connectivity index (χ1n) is 17.8. The molecule has 0 aliphatic carbocycles. The van der Waals surface area contributed by atoms with Crippen LogP contribution in [0.15, 0.2) is 0 Å². The second-order valence-corrected chi connectivity index (χ2v) is 12.9. The van der Waals surface area contributed by atoms with Gasteiger partial charge in [0.05, 0.1) is 0 Å². The summed E-state index contributed by atoms with van der Waals surface area (Å²) in [6.45, 7) is 13.5. The van der Waals surface area contributed by atoms with Crippen LogP contribution >= 0.6 is 11.8 Å². The fourth-order valence-corrected chi connectivity index (χ4v) is 6.10. The number of ether oxygens (including phenoxy) is 1. The van der Waals surface area contributed by atoms with E-state index in [1.54, 1.807) is 0 Å². The van der Waals surface area contributed by atoms with Crippen LogP contribution in [0.25, 0.3) is 0 Å². The van der Waals surface area contributed by atoms with Crippen molar-refractivity contribution in [1.29, 1.82) is 0 Å². The third kappa shape index (κ3) is 25.4. The molecule has 0 N–H and O–H groups in total. The van der Waals surface area contributed by atoms with E-state index in [0.717, 1.165) is 115 Å². The van der Waals surface area contributed by atoms with E-state index >= 15 is 0 Å². The maximum atomic E-state index is 13.0. The molecule has 42 heavy (non-hydrogen) atoms. The summed E-state index contributed by atoms with van der Waals surface area (Å²) in [5.41, 5.74) is 0. The third-order valence-corrected chi connectivity index (χ3v) is 9.11. The quantitative estimate of drug-likeness (QED) is 0.0441. The van der Waals surface area contributed by atoms with Crippen molar-refractivity contribution in [3.63, 3.8) is 0 Å². The van der Waals surface area contributed by atoms with Gasteiger partial charge in [0.15, 0.2) is 0 Å². The molecule has 0 bridgehead atoms. The number of nitrogens with zero attached hydrogens (tertiary/aromatic N) is 2. The van der Waals surface area contributed by atoms with E-state index in [4.69, 9.17) is 4.74 Å². The topological polar surface area (TPSA) is 66.9 Å². The second kappa shape index (κ2) is 31.3. The molecule has 0 saturated heterocycles. The molecular formula is C35H68N2O4S. The molecule has 7 heteroatoms. The van der Waals surface area contributed by atoms with E-state index in [1.165, 1.54) is 63.1 Å². The average molecular weight is 613 g/mol. The molecule has 0 spiro atoms. The lowest BCUT2D eigenvalue weighted by Gasteiger charge is -2.23. The SMILES string of the molecule is CCCCCCCC(CCCCCCC)OC(=O)CCCCCN(CCCCCC=O)C(=O)SCCCN(CC)CC. The zero-order valence-electron chi connectivity index (χ0n) is 28.2. The predicted octanol–water partition coefficient (Wildman–Crippen LogP) is 9.83. The van der Waals surface area contributed by atoms with Crippen molar-refractivity contribution in [3.05, 3.63) is 0 Å². The minimum Gasteiger partial charge on any atom is -0.462 e. The summed E-state index contributed by atoms with van der Waals surface area (Å²) < 4.78 is 5.97. The molecule has 248 valence electrons. The molecule has 0 saturated carbocycles. The molecule has 0 atom stereocenters. The van der Waals surface area contributed by atoms with Gasteiger partial charge in [-0.25, -0.2) is 0 Å². The Bertz CT molecular complexity index is 616. The van der Waals surface area contributed by atoms with Gasteiger partial charge in [-0.05, 0) is 77.4 Å². The second-order valence-electron chi connectivity index (χ2n) is 11.8. The molecule has 0 rings (SSSR count). The molecule has 0 heterocycles. The summed E-state index contributed by atoms with van der Waals surface area (Å²) >= 11 is 1.44. The number of hydrogen-bond donors (Lipinski definition) is 0. The molecule has 0 aromatic rings. The van der Waals surface area contributed by atoms with Crippen molar-refractivity contribution < 1.29 is 19.1 Å². The molecule has 0 unspecified atom stereocenters. The summed E-state index contributed by atoms with van der Waals surface area (Å²) in [5, 5.41) is 0.171. The van der Waals surface area contributed by atoms with Gasteiger partial charge in [-0.2, -0.15) is 0 Å². The molecule has 0 aliphatic heterocycles. The highest BCUT2D eigenvalue weighted by Gasteiger charge is 2.16. The zero-order valence-corrected chi connectivity index (χ0v) is 29.0. The Morgan fingerprint density at radius 3 is 1.76 bits per heavy atom. The number of thioether (sulfide) groups is 1. The van der Waals surface area contributed by atoms with Crippen LogP contribution < -0.4 is 0 Å². The van der Waals surface area contributed by atoms with E-state index < -0.39 is 0 Å². The van der Waals surface area contributed by atoms with Crippen LogP contribution in [0.4, 0.5) is 4.79 Å². The van der Waals surface area contributed by atoms with Crippen LogP contribution in [0.1, 0.15) is 163 Å². The van der Waals surface area contributed by atoms with Crippen molar-refractivity contribution >= 4 is 29.3 Å². The van der Waals surface area contributed by atoms with E-state index in [9.17, 15) is 14.4 Å². The summed E-state index contributed by atoms with van der Waals surface area (Å²) in [5.74, 6) is 0.801. The first-order chi connectivity index (χ1) is 20.5. The first kappa shape index (κ1) is 40.9. The summed E-state index contributed by atoms with van der Waals surface area (Å²) in [7, 11) is 0. The molecule has 6 nitrogen and oxygen atoms in total. The van der Waals surface area contributed by atoms with Gasteiger partial charge in [0.25, 0.3) is 5.24 Å². The molecular weight excluding hydrogens is 544 g/mol. The highest BCUT2D eigenvalue weighted by atomic mass is 32.2. The minimum atomic E-state index is -0.0472. The van der Waals surface area contributed by atoms with E-state index in [1.807, 2.05) is 4.90 Å². The molecule has 0 aromatic carbocycles. The summed E-state index contributed by atoms with van der Waals surface area (Å²) in [4.78, 5) is 40.7. The van der Waals surface area contributed by atoms with Gasteiger partial charge < -0.3 is 19.3 Å². The van der Waals surface area contributed by atoms with Crippen molar-refractivity contribution in [2.24, 2.45) is 0 Å². The number of amides is 1. The van der Waals surface area contributed by atoms with Gasteiger partial charge >= 0.3 is 5.97 Å². The van der Waals surface area contributed by atoms with Crippen molar-refractivity contribution in [3.8, 4) is 0 Å². The highest BCUT2D eigenvalue weighted by Crippen LogP contribution is 2.18. The molecule has 1 amide bonds. The largest absolute Gasteiger partial charge is 0.462 e. The lowest BCUT2D eigenvalue weighted by Crippen LogP contribution is -2.30.